The fourth-order valence-corrected chi connectivity index (χ4v) is 4.35. The molecule has 0 saturated carbocycles. The molecular weight excluding hydrogens is 444 g/mol. The molecule has 1 N–H and O–H groups in total. The van der Waals surface area contributed by atoms with Crippen LogP contribution in [0.25, 0.3) is 17.0 Å². The Kier molecular flexibility index (Phi) is 6.55. The summed E-state index contributed by atoms with van der Waals surface area (Å²) in [5, 5.41) is 3.08. The van der Waals surface area contributed by atoms with Crippen molar-refractivity contribution in [3.05, 3.63) is 70.9 Å². The first-order valence-electron chi connectivity index (χ1n) is 11.6. The molecule has 0 unspecified atom stereocenters. The van der Waals surface area contributed by atoms with Gasteiger partial charge in [0.05, 0.1) is 5.69 Å². The van der Waals surface area contributed by atoms with Crippen molar-refractivity contribution >= 4 is 46.4 Å². The average Bonchev–Trinajstić information content (AvgIpc) is 3.17. The van der Waals surface area contributed by atoms with Crippen LogP contribution in [0.4, 0.5) is 10.5 Å². The number of anilines is 1. The minimum atomic E-state index is -0.780. The van der Waals surface area contributed by atoms with Gasteiger partial charge in [-0.05, 0) is 57.0 Å². The zero-order chi connectivity index (χ0) is 25.3. The van der Waals surface area contributed by atoms with E-state index in [-0.39, 0.29) is 18.0 Å². The maximum absolute atomic E-state index is 13.4. The summed E-state index contributed by atoms with van der Waals surface area (Å²) < 4.78 is 1.82. The highest BCUT2D eigenvalue weighted by Gasteiger charge is 2.37. The number of hydrogen-bond acceptors (Lipinski definition) is 4. The van der Waals surface area contributed by atoms with Crippen molar-refractivity contribution in [3.63, 3.8) is 0 Å². The third-order valence-corrected chi connectivity index (χ3v) is 6.46. The first-order valence-corrected chi connectivity index (χ1v) is 11.6. The van der Waals surface area contributed by atoms with Gasteiger partial charge in [0.1, 0.15) is 12.1 Å². The lowest BCUT2D eigenvalue weighted by Crippen LogP contribution is -2.54. The number of urea groups is 1. The van der Waals surface area contributed by atoms with Crippen molar-refractivity contribution < 1.29 is 19.2 Å². The molecular formula is C27H28N4O4. The molecule has 0 bridgehead atoms. The third-order valence-electron chi connectivity index (χ3n) is 6.46. The second-order valence-corrected chi connectivity index (χ2v) is 8.47. The molecule has 8 nitrogen and oxygen atoms in total. The van der Waals surface area contributed by atoms with E-state index in [0.29, 0.717) is 24.3 Å². The van der Waals surface area contributed by atoms with Gasteiger partial charge in [-0.2, -0.15) is 0 Å². The lowest BCUT2D eigenvalue weighted by Gasteiger charge is -2.28. The van der Waals surface area contributed by atoms with E-state index in [1.807, 2.05) is 62.6 Å². The minimum absolute atomic E-state index is 0.0202. The summed E-state index contributed by atoms with van der Waals surface area (Å²) in [6, 6.07) is 12.0. The third kappa shape index (κ3) is 4.35. The van der Waals surface area contributed by atoms with E-state index in [9.17, 15) is 19.2 Å². The average molecular weight is 473 g/mol. The summed E-state index contributed by atoms with van der Waals surface area (Å²) in [5.74, 6) is -1.46. The summed E-state index contributed by atoms with van der Waals surface area (Å²) in [7, 11) is 0. The number of hydrogen-bond donors (Lipinski definition) is 1. The van der Waals surface area contributed by atoms with E-state index in [1.54, 1.807) is 23.2 Å². The van der Waals surface area contributed by atoms with Crippen LogP contribution < -0.4 is 10.2 Å². The van der Waals surface area contributed by atoms with Gasteiger partial charge in [0.2, 0.25) is 5.91 Å². The second kappa shape index (κ2) is 9.58. The number of carbonyl (C=O) groups is 4. The number of barbiturate groups is 1. The maximum Gasteiger partial charge on any atom is 0.335 e. The number of likely N-dealkylation sites (N-methyl/N-ethyl adjacent to an activating group) is 1. The molecule has 2 heterocycles. The van der Waals surface area contributed by atoms with Gasteiger partial charge in [0.25, 0.3) is 11.8 Å². The van der Waals surface area contributed by atoms with Gasteiger partial charge in [0, 0.05) is 35.8 Å². The van der Waals surface area contributed by atoms with Crippen LogP contribution in [0.15, 0.2) is 54.2 Å². The molecule has 180 valence electrons. The first kappa shape index (κ1) is 23.9. The molecule has 1 aliphatic rings. The van der Waals surface area contributed by atoms with Crippen molar-refractivity contribution in [3.8, 4) is 0 Å². The Morgan fingerprint density at radius 1 is 1.00 bits per heavy atom. The fraction of sp³-hybridized carbons (Fsp3) is 0.259. The molecule has 2 aromatic carbocycles. The molecule has 0 radical (unpaired) electrons. The molecule has 4 rings (SSSR count). The summed E-state index contributed by atoms with van der Waals surface area (Å²) in [5.41, 5.74) is 3.40. The van der Waals surface area contributed by atoms with Gasteiger partial charge in [-0.3, -0.25) is 19.7 Å². The van der Waals surface area contributed by atoms with Crippen molar-refractivity contribution in [1.29, 1.82) is 0 Å². The molecule has 3 aromatic rings. The van der Waals surface area contributed by atoms with E-state index in [4.69, 9.17) is 0 Å². The van der Waals surface area contributed by atoms with Crippen molar-refractivity contribution in [2.75, 3.05) is 18.0 Å². The number of benzene rings is 2. The number of para-hydroxylation sites is 1. The van der Waals surface area contributed by atoms with Crippen LogP contribution in [-0.2, 0) is 20.9 Å². The van der Waals surface area contributed by atoms with Crippen LogP contribution >= 0.6 is 0 Å². The number of carbonyl (C=O) groups excluding carboxylic acids is 4. The predicted octanol–water partition coefficient (Wildman–Crippen LogP) is 3.79. The van der Waals surface area contributed by atoms with E-state index < -0.39 is 17.8 Å². The zero-order valence-electron chi connectivity index (χ0n) is 20.3. The zero-order valence-corrected chi connectivity index (χ0v) is 20.3. The Morgan fingerprint density at radius 2 is 1.71 bits per heavy atom. The molecule has 5 amide bonds. The molecule has 1 aliphatic heterocycles. The molecule has 0 aliphatic carbocycles. The minimum Gasteiger partial charge on any atom is -0.342 e. The smallest absolute Gasteiger partial charge is 0.335 e. The SMILES string of the molecule is CCN(CC)C(=O)Cn1cc(/C=C2\C(=O)NC(=O)N(c3cccc(C)c3C)C2=O)c2ccccc21. The Balaban J connectivity index is 1.77. The second-order valence-electron chi connectivity index (χ2n) is 8.47. The number of fused-ring (bicyclic) bond motifs is 1. The Labute approximate surface area is 203 Å². The summed E-state index contributed by atoms with van der Waals surface area (Å²) in [6.07, 6.45) is 3.25. The lowest BCUT2D eigenvalue weighted by molar-refractivity contribution is -0.131. The van der Waals surface area contributed by atoms with Crippen LogP contribution in [-0.4, -0.2) is 46.3 Å². The summed E-state index contributed by atoms with van der Waals surface area (Å²) in [4.78, 5) is 54.3. The fourth-order valence-electron chi connectivity index (χ4n) is 4.35. The molecule has 1 aromatic heterocycles. The monoisotopic (exact) mass is 472 g/mol. The standard InChI is InChI=1S/C27H28N4O4/c1-5-29(6-2)24(32)16-30-15-19(20-11-7-8-12-23(20)30)14-21-25(33)28-27(35)31(26(21)34)22-13-9-10-17(3)18(22)4/h7-15H,5-6,16H2,1-4H3,(H,28,33,35)/b21-14+. The number of rotatable bonds is 6. The Morgan fingerprint density at radius 3 is 2.43 bits per heavy atom. The maximum atomic E-state index is 13.4. The van der Waals surface area contributed by atoms with E-state index in [2.05, 4.69) is 5.32 Å². The number of aryl methyl sites for hydroxylation is 1. The van der Waals surface area contributed by atoms with E-state index in [0.717, 1.165) is 26.9 Å². The molecule has 8 heteroatoms. The van der Waals surface area contributed by atoms with Gasteiger partial charge in [-0.25, -0.2) is 9.69 Å². The number of nitrogens with zero attached hydrogens (tertiary/aromatic N) is 3. The van der Waals surface area contributed by atoms with Crippen molar-refractivity contribution in [2.24, 2.45) is 0 Å². The summed E-state index contributed by atoms with van der Waals surface area (Å²) in [6.45, 7) is 8.94. The van der Waals surface area contributed by atoms with Crippen molar-refractivity contribution in [2.45, 2.75) is 34.2 Å². The normalized spacial score (nSPS) is 15.1. The van der Waals surface area contributed by atoms with Crippen LogP contribution in [0.3, 0.4) is 0 Å². The van der Waals surface area contributed by atoms with Crippen LogP contribution in [0.1, 0.15) is 30.5 Å². The van der Waals surface area contributed by atoms with Crippen molar-refractivity contribution in [1.82, 2.24) is 14.8 Å². The first-order chi connectivity index (χ1) is 16.8. The highest BCUT2D eigenvalue weighted by molar-refractivity contribution is 6.39. The highest BCUT2D eigenvalue weighted by atomic mass is 16.2. The van der Waals surface area contributed by atoms with Crippen LogP contribution in [0.2, 0.25) is 0 Å². The molecule has 1 saturated heterocycles. The quantitative estimate of drug-likeness (QED) is 0.436. The number of aromatic nitrogens is 1. The summed E-state index contributed by atoms with van der Waals surface area (Å²) >= 11 is 0. The lowest BCUT2D eigenvalue weighted by atomic mass is 10.0. The Bertz CT molecular complexity index is 1380. The van der Waals surface area contributed by atoms with Gasteiger partial charge in [-0.15, -0.1) is 0 Å². The highest BCUT2D eigenvalue weighted by Crippen LogP contribution is 2.29. The number of amides is 5. The number of nitrogens with one attached hydrogen (secondary N) is 1. The molecule has 1 fully saturated rings. The molecule has 35 heavy (non-hydrogen) atoms. The Hall–Kier alpha value is -4.20. The molecule has 0 spiro atoms. The largest absolute Gasteiger partial charge is 0.342 e. The van der Waals surface area contributed by atoms with Gasteiger partial charge in [-0.1, -0.05) is 30.3 Å². The topological polar surface area (TPSA) is 91.7 Å². The predicted molar refractivity (Wildman–Crippen MR) is 135 cm³/mol. The van der Waals surface area contributed by atoms with Gasteiger partial charge in [0.15, 0.2) is 0 Å². The van der Waals surface area contributed by atoms with Crippen LogP contribution in [0.5, 0.6) is 0 Å². The molecule has 0 atom stereocenters. The van der Waals surface area contributed by atoms with Crippen LogP contribution in [0, 0.1) is 13.8 Å². The van der Waals surface area contributed by atoms with Gasteiger partial charge >= 0.3 is 6.03 Å². The number of imide groups is 2. The van der Waals surface area contributed by atoms with E-state index in [1.165, 1.54) is 6.08 Å². The van der Waals surface area contributed by atoms with Gasteiger partial charge < -0.3 is 9.47 Å². The van der Waals surface area contributed by atoms with E-state index >= 15 is 0 Å².